The van der Waals surface area contributed by atoms with Crippen LogP contribution in [0.4, 0.5) is 0 Å². The van der Waals surface area contributed by atoms with Gasteiger partial charge in [-0.25, -0.2) is 0 Å². The summed E-state index contributed by atoms with van der Waals surface area (Å²) in [6.07, 6.45) is 5.52. The number of amides is 1. The van der Waals surface area contributed by atoms with E-state index < -0.39 is 0 Å². The number of nitrogens with zero attached hydrogens (tertiary/aromatic N) is 3. The molecule has 0 aliphatic carbocycles. The number of fused-ring (bicyclic) bond motifs is 1. The van der Waals surface area contributed by atoms with E-state index in [4.69, 9.17) is 5.73 Å². The van der Waals surface area contributed by atoms with Gasteiger partial charge in [-0.1, -0.05) is 25.1 Å². The summed E-state index contributed by atoms with van der Waals surface area (Å²) in [7, 11) is 3.17. The van der Waals surface area contributed by atoms with Crippen LogP contribution in [0.3, 0.4) is 0 Å². The summed E-state index contributed by atoms with van der Waals surface area (Å²) in [6.45, 7) is 4.43. The average Bonchev–Trinajstić information content (AvgIpc) is 2.95. The number of amidine groups is 1. The number of pyridine rings is 2. The highest BCUT2D eigenvalue weighted by molar-refractivity contribution is 5.99. The molecule has 0 saturated carbocycles. The lowest BCUT2D eigenvalue weighted by atomic mass is 10.0. The minimum atomic E-state index is -0.178. The van der Waals surface area contributed by atoms with E-state index in [2.05, 4.69) is 32.9 Å². The number of benzene rings is 2. The monoisotopic (exact) mass is 510 g/mol. The first kappa shape index (κ1) is 28.1. The topological polar surface area (TPSA) is 136 Å². The van der Waals surface area contributed by atoms with Gasteiger partial charge in [-0.05, 0) is 73.0 Å². The maximum atomic E-state index is 12.9. The molecule has 0 aliphatic heterocycles. The molecule has 8 heteroatoms. The van der Waals surface area contributed by atoms with Gasteiger partial charge < -0.3 is 16.8 Å². The van der Waals surface area contributed by atoms with Gasteiger partial charge in [0.15, 0.2) is 6.29 Å². The fraction of sp³-hybridized carbons (Fsp3) is 0.233. The van der Waals surface area contributed by atoms with Crippen molar-refractivity contribution in [1.82, 2.24) is 15.3 Å². The van der Waals surface area contributed by atoms with E-state index in [0.29, 0.717) is 35.4 Å². The normalized spacial score (nSPS) is 11.0. The summed E-state index contributed by atoms with van der Waals surface area (Å²) >= 11 is 0. The van der Waals surface area contributed by atoms with Gasteiger partial charge in [0.1, 0.15) is 5.84 Å². The molecular formula is C30H34N6O2. The third kappa shape index (κ3) is 6.66. The minimum Gasteiger partial charge on any atom is -0.384 e. The summed E-state index contributed by atoms with van der Waals surface area (Å²) in [6, 6.07) is 15.3. The van der Waals surface area contributed by atoms with E-state index in [0.717, 1.165) is 51.6 Å². The van der Waals surface area contributed by atoms with Crippen LogP contribution in [0.1, 0.15) is 61.2 Å². The Morgan fingerprint density at radius 1 is 1.05 bits per heavy atom. The van der Waals surface area contributed by atoms with Crippen molar-refractivity contribution in [2.75, 3.05) is 14.1 Å². The molecule has 0 radical (unpaired) electrons. The maximum Gasteiger partial charge on any atom is 0.251 e. The number of rotatable bonds is 8. The Kier molecular flexibility index (Phi) is 9.79. The largest absolute Gasteiger partial charge is 0.384 e. The molecule has 0 fully saturated rings. The molecular weight excluding hydrogens is 476 g/mol. The fourth-order valence-corrected chi connectivity index (χ4v) is 4.27. The zero-order valence-corrected chi connectivity index (χ0v) is 22.3. The van der Waals surface area contributed by atoms with Gasteiger partial charge in [0.2, 0.25) is 0 Å². The molecule has 0 saturated heterocycles. The predicted octanol–water partition coefficient (Wildman–Crippen LogP) is 3.74. The number of aromatic nitrogens is 2. The third-order valence-corrected chi connectivity index (χ3v) is 6.12. The predicted molar refractivity (Wildman–Crippen MR) is 153 cm³/mol. The van der Waals surface area contributed by atoms with Gasteiger partial charge in [0, 0.05) is 60.2 Å². The van der Waals surface area contributed by atoms with Crippen LogP contribution in [0.15, 0.2) is 65.9 Å². The smallest absolute Gasteiger partial charge is 0.251 e. The van der Waals surface area contributed by atoms with Crippen molar-refractivity contribution in [3.05, 3.63) is 106 Å². The van der Waals surface area contributed by atoms with E-state index in [1.165, 1.54) is 7.05 Å². The molecule has 0 aliphatic rings. The van der Waals surface area contributed by atoms with Crippen LogP contribution in [0.2, 0.25) is 0 Å². The Bertz CT molecular complexity index is 1480. The second-order valence-corrected chi connectivity index (χ2v) is 8.74. The quantitative estimate of drug-likeness (QED) is 0.188. The Morgan fingerprint density at radius 3 is 2.55 bits per heavy atom. The second kappa shape index (κ2) is 13.2. The highest BCUT2D eigenvalue weighted by Gasteiger charge is 2.11. The molecule has 2 aromatic carbocycles. The second-order valence-electron chi connectivity index (χ2n) is 8.74. The van der Waals surface area contributed by atoms with E-state index in [9.17, 15) is 9.59 Å². The summed E-state index contributed by atoms with van der Waals surface area (Å²) in [4.78, 5) is 37.4. The van der Waals surface area contributed by atoms with Crippen molar-refractivity contribution < 1.29 is 9.59 Å². The molecule has 0 bridgehead atoms. The van der Waals surface area contributed by atoms with Crippen molar-refractivity contribution in [3.63, 3.8) is 0 Å². The van der Waals surface area contributed by atoms with Crippen molar-refractivity contribution >= 4 is 28.9 Å². The summed E-state index contributed by atoms with van der Waals surface area (Å²) in [5.74, 6) is 0.326. The Labute approximate surface area is 223 Å². The summed E-state index contributed by atoms with van der Waals surface area (Å²) in [5, 5.41) is 3.90. The van der Waals surface area contributed by atoms with Crippen LogP contribution in [-0.2, 0) is 19.4 Å². The van der Waals surface area contributed by atoms with Gasteiger partial charge in [-0.15, -0.1) is 0 Å². The van der Waals surface area contributed by atoms with Gasteiger partial charge in [0.25, 0.3) is 5.91 Å². The van der Waals surface area contributed by atoms with E-state index in [1.54, 1.807) is 31.6 Å². The van der Waals surface area contributed by atoms with E-state index >= 15 is 0 Å². The van der Waals surface area contributed by atoms with Crippen LogP contribution in [0, 0.1) is 6.92 Å². The molecule has 0 unspecified atom stereocenters. The highest BCUT2D eigenvalue weighted by atomic mass is 16.1. The molecule has 2 heterocycles. The lowest BCUT2D eigenvalue weighted by Gasteiger charge is -2.11. The first-order valence-corrected chi connectivity index (χ1v) is 12.4. The first-order valence-electron chi connectivity index (χ1n) is 12.4. The number of hydrogen-bond acceptors (Lipinski definition) is 6. The molecule has 38 heavy (non-hydrogen) atoms. The Balaban J connectivity index is 0.00000195. The van der Waals surface area contributed by atoms with Crippen LogP contribution >= 0.6 is 0 Å². The number of carbonyl (C=O) groups is 2. The minimum absolute atomic E-state index is 0.178. The standard InChI is InChI=1S/C29H29N5O2.CH5N/c1-4-21-10-19(5-6-26(21)28(30)31-3)16-34-29(36)22-7-8-32-25(14-22)13-20-11-23-9-18(2)15-33-27(23)24(12-20)17-35;1-2/h5-12,14-15,17H,4,13,16H2,1-3H3,(H2,30,31)(H,34,36);2H2,1H3. The van der Waals surface area contributed by atoms with Gasteiger partial charge in [-0.2, -0.15) is 0 Å². The maximum absolute atomic E-state index is 12.9. The number of nitrogens with one attached hydrogen (secondary N) is 1. The molecule has 196 valence electrons. The molecule has 2 aromatic heterocycles. The molecule has 4 rings (SSSR count). The van der Waals surface area contributed by atoms with E-state index in [-0.39, 0.29) is 5.91 Å². The molecule has 0 atom stereocenters. The van der Waals surface area contributed by atoms with Gasteiger partial charge >= 0.3 is 0 Å². The number of aryl methyl sites for hydroxylation is 2. The summed E-state index contributed by atoms with van der Waals surface area (Å²) < 4.78 is 0. The number of aldehydes is 1. The van der Waals surface area contributed by atoms with Crippen LogP contribution in [0.5, 0.6) is 0 Å². The van der Waals surface area contributed by atoms with Crippen LogP contribution < -0.4 is 16.8 Å². The Hall–Kier alpha value is -4.43. The van der Waals surface area contributed by atoms with Gasteiger partial charge in [-0.3, -0.25) is 24.5 Å². The molecule has 4 aromatic rings. The average molecular weight is 511 g/mol. The lowest BCUT2D eigenvalue weighted by Crippen LogP contribution is -2.23. The van der Waals surface area contributed by atoms with Crippen LogP contribution in [0.25, 0.3) is 10.9 Å². The third-order valence-electron chi connectivity index (χ3n) is 6.12. The van der Waals surface area contributed by atoms with Crippen molar-refractivity contribution in [2.45, 2.75) is 33.2 Å². The molecule has 0 spiro atoms. The van der Waals surface area contributed by atoms with Crippen molar-refractivity contribution in [1.29, 1.82) is 0 Å². The van der Waals surface area contributed by atoms with E-state index in [1.807, 2.05) is 43.3 Å². The highest BCUT2D eigenvalue weighted by Crippen LogP contribution is 2.21. The molecule has 8 nitrogen and oxygen atoms in total. The molecule has 5 N–H and O–H groups in total. The Morgan fingerprint density at radius 2 is 1.84 bits per heavy atom. The fourth-order valence-electron chi connectivity index (χ4n) is 4.27. The number of nitrogens with two attached hydrogens (primary N) is 2. The summed E-state index contributed by atoms with van der Waals surface area (Å²) in [5.41, 5.74) is 18.0. The molecule has 1 amide bonds. The first-order chi connectivity index (χ1) is 18.4. The number of aliphatic imine (C=N–C) groups is 1. The van der Waals surface area contributed by atoms with Crippen molar-refractivity contribution in [2.24, 2.45) is 16.5 Å². The number of carbonyl (C=O) groups excluding carboxylic acids is 2. The SMILES string of the molecule is CCc1cc(CNC(=O)c2ccnc(Cc3cc(C=O)c4ncc(C)cc4c3)c2)ccc1C(N)=NC.CN. The van der Waals surface area contributed by atoms with Crippen LogP contribution in [-0.4, -0.2) is 42.1 Å². The van der Waals surface area contributed by atoms with Gasteiger partial charge in [0.05, 0.1) is 5.52 Å². The lowest BCUT2D eigenvalue weighted by molar-refractivity contribution is 0.0950. The zero-order valence-electron chi connectivity index (χ0n) is 22.3. The number of hydrogen-bond donors (Lipinski definition) is 3. The zero-order chi connectivity index (χ0) is 27.7. The van der Waals surface area contributed by atoms with Crippen molar-refractivity contribution in [3.8, 4) is 0 Å².